The Bertz CT molecular complexity index is 393. The number of hydrogen-bond donors (Lipinski definition) is 1. The second-order valence-corrected chi connectivity index (χ2v) is 3.20. The predicted molar refractivity (Wildman–Crippen MR) is 54.9 cm³/mol. The number of benzene rings is 1. The molecule has 1 amide bonds. The predicted octanol–water partition coefficient (Wildman–Crippen LogP) is 2.61. The largest absolute Gasteiger partial charge is 0.324 e. The minimum absolute atomic E-state index is 0.0653. The smallest absolute Gasteiger partial charge is 0.221 e. The molecular formula is C10H11FN2O2. The second-order valence-electron chi connectivity index (χ2n) is 3.20. The first-order valence-corrected chi connectivity index (χ1v) is 4.44. The van der Waals surface area contributed by atoms with Crippen LogP contribution in [0.15, 0.2) is 23.4 Å². The van der Waals surface area contributed by atoms with Gasteiger partial charge in [0.05, 0.1) is 5.69 Å². The quantitative estimate of drug-likeness (QED) is 0.779. The number of nitroso groups, excluding NO2 is 1. The van der Waals surface area contributed by atoms with Crippen molar-refractivity contribution in [1.82, 2.24) is 0 Å². The molecule has 0 aromatic heterocycles. The number of carbonyl (C=O) groups excluding carboxylic acids is 1. The van der Waals surface area contributed by atoms with E-state index in [0.29, 0.717) is 5.56 Å². The van der Waals surface area contributed by atoms with Gasteiger partial charge >= 0.3 is 0 Å². The minimum Gasteiger partial charge on any atom is -0.324 e. The lowest BCUT2D eigenvalue weighted by Crippen LogP contribution is -2.08. The van der Waals surface area contributed by atoms with E-state index in [1.165, 1.54) is 25.1 Å². The number of nitrogens with one attached hydrogen (secondary N) is 1. The summed E-state index contributed by atoms with van der Waals surface area (Å²) in [7, 11) is 0. The van der Waals surface area contributed by atoms with E-state index in [9.17, 15) is 14.1 Å². The van der Waals surface area contributed by atoms with E-state index in [4.69, 9.17) is 0 Å². The molecule has 1 aromatic carbocycles. The Morgan fingerprint density at radius 1 is 1.53 bits per heavy atom. The summed E-state index contributed by atoms with van der Waals surface area (Å²) in [4.78, 5) is 21.0. The molecule has 0 spiro atoms. The molecule has 0 saturated carbocycles. The lowest BCUT2D eigenvalue weighted by molar-refractivity contribution is -0.114. The lowest BCUT2D eigenvalue weighted by Gasteiger charge is -2.08. The van der Waals surface area contributed by atoms with E-state index in [1.807, 2.05) is 0 Å². The van der Waals surface area contributed by atoms with Gasteiger partial charge in [-0.05, 0) is 24.6 Å². The van der Waals surface area contributed by atoms with Crippen LogP contribution >= 0.6 is 0 Å². The van der Waals surface area contributed by atoms with Crippen molar-refractivity contribution in [3.05, 3.63) is 34.5 Å². The first-order valence-electron chi connectivity index (χ1n) is 4.44. The summed E-state index contributed by atoms with van der Waals surface area (Å²) in [6.07, 6.45) is 0. The van der Waals surface area contributed by atoms with Gasteiger partial charge in [0.15, 0.2) is 0 Å². The van der Waals surface area contributed by atoms with Crippen molar-refractivity contribution >= 4 is 11.6 Å². The van der Waals surface area contributed by atoms with Gasteiger partial charge in [0, 0.05) is 6.92 Å². The van der Waals surface area contributed by atoms with E-state index in [2.05, 4.69) is 10.5 Å². The number of amides is 1. The van der Waals surface area contributed by atoms with Crippen molar-refractivity contribution in [3.63, 3.8) is 0 Å². The molecule has 0 fully saturated rings. The van der Waals surface area contributed by atoms with Gasteiger partial charge in [-0.2, -0.15) is 4.91 Å². The van der Waals surface area contributed by atoms with E-state index in [0.717, 1.165) is 0 Å². The van der Waals surface area contributed by atoms with Crippen molar-refractivity contribution in [3.8, 4) is 0 Å². The maximum absolute atomic E-state index is 13.2. The van der Waals surface area contributed by atoms with Crippen LogP contribution in [0.4, 0.5) is 10.1 Å². The molecule has 0 saturated heterocycles. The van der Waals surface area contributed by atoms with Crippen LogP contribution in [0.25, 0.3) is 0 Å². The molecule has 15 heavy (non-hydrogen) atoms. The summed E-state index contributed by atoms with van der Waals surface area (Å²) in [6.45, 7) is 2.88. The maximum Gasteiger partial charge on any atom is 0.221 e. The zero-order valence-corrected chi connectivity index (χ0v) is 8.45. The third-order valence-corrected chi connectivity index (χ3v) is 1.94. The number of anilines is 1. The SMILES string of the molecule is CC(=O)Nc1cc(C(C)N=O)ccc1F. The van der Waals surface area contributed by atoms with Gasteiger partial charge in [-0.3, -0.25) is 4.79 Å². The Balaban J connectivity index is 3.04. The molecule has 1 unspecified atom stereocenters. The second kappa shape index (κ2) is 4.63. The maximum atomic E-state index is 13.2. The van der Waals surface area contributed by atoms with Crippen LogP contribution in [-0.4, -0.2) is 5.91 Å². The van der Waals surface area contributed by atoms with E-state index in [1.54, 1.807) is 6.92 Å². The Hall–Kier alpha value is -1.78. The Kier molecular flexibility index (Phi) is 3.49. The van der Waals surface area contributed by atoms with Crippen LogP contribution in [0.1, 0.15) is 25.5 Å². The summed E-state index contributed by atoms with van der Waals surface area (Å²) >= 11 is 0. The standard InChI is InChI=1S/C10H11FN2O2/c1-6(13-15)8-3-4-9(11)10(5-8)12-7(2)14/h3-6H,1-2H3,(H,12,14). The summed E-state index contributed by atoms with van der Waals surface area (Å²) in [6, 6.07) is 3.51. The fraction of sp³-hybridized carbons (Fsp3) is 0.300. The highest BCUT2D eigenvalue weighted by atomic mass is 19.1. The average Bonchev–Trinajstić information content (AvgIpc) is 2.19. The highest BCUT2D eigenvalue weighted by Crippen LogP contribution is 2.22. The molecule has 0 aliphatic heterocycles. The summed E-state index contributed by atoms with van der Waals surface area (Å²) in [5.41, 5.74) is 0.630. The van der Waals surface area contributed by atoms with Crippen LogP contribution in [-0.2, 0) is 4.79 Å². The molecular weight excluding hydrogens is 199 g/mol. The lowest BCUT2D eigenvalue weighted by atomic mass is 10.1. The van der Waals surface area contributed by atoms with Gasteiger partial charge in [-0.25, -0.2) is 4.39 Å². The monoisotopic (exact) mass is 210 g/mol. The first kappa shape index (κ1) is 11.3. The van der Waals surface area contributed by atoms with E-state index < -0.39 is 11.9 Å². The van der Waals surface area contributed by atoms with E-state index >= 15 is 0 Å². The molecule has 1 atom stereocenters. The number of halogens is 1. The van der Waals surface area contributed by atoms with Crippen LogP contribution in [0, 0.1) is 10.7 Å². The fourth-order valence-electron chi connectivity index (χ4n) is 1.15. The molecule has 1 N–H and O–H groups in total. The first-order chi connectivity index (χ1) is 7.04. The van der Waals surface area contributed by atoms with Crippen LogP contribution in [0.2, 0.25) is 0 Å². The number of nitrogens with zero attached hydrogens (tertiary/aromatic N) is 1. The van der Waals surface area contributed by atoms with Crippen LogP contribution in [0.3, 0.4) is 0 Å². The zero-order valence-electron chi connectivity index (χ0n) is 8.45. The molecule has 0 heterocycles. The van der Waals surface area contributed by atoms with Crippen molar-refractivity contribution in [2.45, 2.75) is 19.9 Å². The third-order valence-electron chi connectivity index (χ3n) is 1.94. The van der Waals surface area contributed by atoms with E-state index in [-0.39, 0.29) is 11.6 Å². The molecule has 1 rings (SSSR count). The molecule has 1 aromatic rings. The summed E-state index contributed by atoms with van der Waals surface area (Å²) in [5.74, 6) is -0.898. The van der Waals surface area contributed by atoms with Crippen LogP contribution in [0.5, 0.6) is 0 Å². The average molecular weight is 210 g/mol. The third kappa shape index (κ3) is 2.83. The Morgan fingerprint density at radius 3 is 2.73 bits per heavy atom. The van der Waals surface area contributed by atoms with Gasteiger partial charge in [-0.15, -0.1) is 0 Å². The van der Waals surface area contributed by atoms with Gasteiger partial charge in [0.25, 0.3) is 0 Å². The Labute approximate surface area is 86.5 Å². The number of rotatable bonds is 3. The molecule has 0 aliphatic rings. The van der Waals surface area contributed by atoms with Crippen molar-refractivity contribution < 1.29 is 9.18 Å². The molecule has 0 bridgehead atoms. The van der Waals surface area contributed by atoms with Crippen molar-refractivity contribution in [2.75, 3.05) is 5.32 Å². The topological polar surface area (TPSA) is 58.5 Å². The molecule has 5 heteroatoms. The zero-order chi connectivity index (χ0) is 11.4. The molecule has 4 nitrogen and oxygen atoms in total. The minimum atomic E-state index is -0.557. The molecule has 80 valence electrons. The van der Waals surface area contributed by atoms with Crippen molar-refractivity contribution in [2.24, 2.45) is 5.18 Å². The summed E-state index contributed by atoms with van der Waals surface area (Å²) < 4.78 is 13.2. The highest BCUT2D eigenvalue weighted by molar-refractivity contribution is 5.88. The summed E-state index contributed by atoms with van der Waals surface area (Å²) in [5, 5.41) is 5.16. The normalized spacial score (nSPS) is 11.9. The Morgan fingerprint density at radius 2 is 2.20 bits per heavy atom. The number of hydrogen-bond acceptors (Lipinski definition) is 3. The highest BCUT2D eigenvalue weighted by Gasteiger charge is 2.09. The van der Waals surface area contributed by atoms with Crippen molar-refractivity contribution in [1.29, 1.82) is 0 Å². The molecule has 0 radical (unpaired) electrons. The van der Waals surface area contributed by atoms with Gasteiger partial charge in [0.1, 0.15) is 11.9 Å². The van der Waals surface area contributed by atoms with Gasteiger partial charge in [-0.1, -0.05) is 11.2 Å². The van der Waals surface area contributed by atoms with Crippen LogP contribution < -0.4 is 5.32 Å². The molecule has 0 aliphatic carbocycles. The number of carbonyl (C=O) groups is 1. The van der Waals surface area contributed by atoms with Gasteiger partial charge in [0.2, 0.25) is 5.91 Å². The fourth-order valence-corrected chi connectivity index (χ4v) is 1.15. The van der Waals surface area contributed by atoms with Gasteiger partial charge < -0.3 is 5.32 Å².